The number of carbonyl (C=O) groups is 1. The fraction of sp³-hybridized carbons (Fsp3) is 0.441. The van der Waals surface area contributed by atoms with Crippen molar-refractivity contribution < 1.29 is 9.53 Å². The summed E-state index contributed by atoms with van der Waals surface area (Å²) >= 11 is 0. The molecule has 4 nitrogen and oxygen atoms in total. The third kappa shape index (κ3) is 5.45. The molecule has 3 aromatic rings. The Balaban J connectivity index is 1.36. The number of fused-ring (bicyclic) bond motifs is 2. The molecule has 5 atom stereocenters. The SMILES string of the molecule is CCOC(=O)c1ccc(NC2CC3CCC4CC3CC2C4)c(N(Cc2ccccc2)Cc2ccccc2)c1. The zero-order valence-corrected chi connectivity index (χ0v) is 22.5. The number of ether oxygens (including phenoxy) is 1. The molecule has 3 aliphatic rings. The van der Waals surface area contributed by atoms with Crippen molar-refractivity contribution in [3.63, 3.8) is 0 Å². The average molecular weight is 509 g/mol. The minimum absolute atomic E-state index is 0.259. The van der Waals surface area contributed by atoms with E-state index in [2.05, 4.69) is 76.9 Å². The maximum Gasteiger partial charge on any atom is 0.338 e. The van der Waals surface area contributed by atoms with Crippen molar-refractivity contribution in [3.8, 4) is 0 Å². The van der Waals surface area contributed by atoms with Crippen LogP contribution in [-0.2, 0) is 17.8 Å². The first-order valence-corrected chi connectivity index (χ1v) is 14.6. The highest BCUT2D eigenvalue weighted by Gasteiger charge is 2.45. The summed E-state index contributed by atoms with van der Waals surface area (Å²) in [6, 6.07) is 27.8. The number of nitrogens with zero attached hydrogens (tertiary/aromatic N) is 1. The molecular weight excluding hydrogens is 468 g/mol. The molecule has 198 valence electrons. The maximum absolute atomic E-state index is 12.8. The van der Waals surface area contributed by atoms with Crippen molar-refractivity contribution in [2.24, 2.45) is 23.7 Å². The molecule has 0 heterocycles. The van der Waals surface area contributed by atoms with Crippen LogP contribution in [-0.4, -0.2) is 18.6 Å². The van der Waals surface area contributed by atoms with Gasteiger partial charge in [0.2, 0.25) is 0 Å². The lowest BCUT2D eigenvalue weighted by Gasteiger charge is -2.52. The molecule has 0 saturated heterocycles. The molecule has 6 rings (SSSR count). The van der Waals surface area contributed by atoms with Gasteiger partial charge >= 0.3 is 5.97 Å². The predicted molar refractivity (Wildman–Crippen MR) is 154 cm³/mol. The first-order valence-electron chi connectivity index (χ1n) is 14.6. The Bertz CT molecular complexity index is 1180. The molecule has 4 heteroatoms. The van der Waals surface area contributed by atoms with E-state index in [0.717, 1.165) is 48.1 Å². The van der Waals surface area contributed by atoms with E-state index in [9.17, 15) is 4.79 Å². The zero-order valence-electron chi connectivity index (χ0n) is 22.5. The van der Waals surface area contributed by atoms with E-state index in [0.29, 0.717) is 18.2 Å². The Hall–Kier alpha value is -3.27. The zero-order chi connectivity index (χ0) is 25.9. The van der Waals surface area contributed by atoms with E-state index in [4.69, 9.17) is 4.74 Å². The molecule has 3 bridgehead atoms. The van der Waals surface area contributed by atoms with Crippen molar-refractivity contribution in [1.29, 1.82) is 0 Å². The van der Waals surface area contributed by atoms with Gasteiger partial charge in [-0.05, 0) is 92.0 Å². The Kier molecular flexibility index (Phi) is 7.40. The lowest BCUT2D eigenvalue weighted by Crippen LogP contribution is -2.47. The summed E-state index contributed by atoms with van der Waals surface area (Å²) in [7, 11) is 0. The van der Waals surface area contributed by atoms with Crippen LogP contribution in [0.5, 0.6) is 0 Å². The van der Waals surface area contributed by atoms with Crippen LogP contribution in [0.1, 0.15) is 66.9 Å². The van der Waals surface area contributed by atoms with E-state index in [1.165, 1.54) is 49.7 Å². The Morgan fingerprint density at radius 3 is 2.18 bits per heavy atom. The van der Waals surface area contributed by atoms with Crippen molar-refractivity contribution in [2.75, 3.05) is 16.8 Å². The summed E-state index contributed by atoms with van der Waals surface area (Å²) in [4.78, 5) is 15.2. The standard InChI is InChI=1S/C34H40N2O2/c1-2-38-34(37)28-15-16-31(35-32-20-27-14-13-26-17-29(27)19-30(32)18-26)33(21-28)36(22-24-9-5-3-6-10-24)23-25-11-7-4-8-12-25/h3-12,15-16,21,26-27,29-30,32,35H,2,13-14,17-20,22-23H2,1H3. The Morgan fingerprint density at radius 1 is 0.816 bits per heavy atom. The number of carbonyl (C=O) groups excluding carboxylic acids is 1. The second-order valence-electron chi connectivity index (χ2n) is 11.7. The summed E-state index contributed by atoms with van der Waals surface area (Å²) < 4.78 is 5.40. The smallest absolute Gasteiger partial charge is 0.338 e. The fourth-order valence-corrected chi connectivity index (χ4v) is 7.46. The maximum atomic E-state index is 12.8. The van der Waals surface area contributed by atoms with Gasteiger partial charge in [-0.25, -0.2) is 4.79 Å². The Morgan fingerprint density at radius 2 is 1.50 bits per heavy atom. The molecule has 3 aliphatic carbocycles. The molecule has 5 unspecified atom stereocenters. The van der Waals surface area contributed by atoms with E-state index in [1.807, 2.05) is 19.1 Å². The Labute approximate surface area is 227 Å². The van der Waals surface area contributed by atoms with Gasteiger partial charge < -0.3 is 15.0 Å². The average Bonchev–Trinajstić information content (AvgIpc) is 2.94. The van der Waals surface area contributed by atoms with Crippen LogP contribution < -0.4 is 10.2 Å². The number of benzene rings is 3. The molecule has 3 aromatic carbocycles. The molecule has 1 N–H and O–H groups in total. The van der Waals surface area contributed by atoms with Crippen LogP contribution in [0.2, 0.25) is 0 Å². The van der Waals surface area contributed by atoms with Crippen LogP contribution in [0, 0.1) is 23.7 Å². The number of rotatable bonds is 9. The fourth-order valence-electron chi connectivity index (χ4n) is 7.46. The van der Waals surface area contributed by atoms with Crippen molar-refractivity contribution in [1.82, 2.24) is 0 Å². The third-order valence-electron chi connectivity index (χ3n) is 9.24. The summed E-state index contributed by atoms with van der Waals surface area (Å²) in [5.41, 5.74) is 5.32. The van der Waals surface area contributed by atoms with Crippen molar-refractivity contribution in [3.05, 3.63) is 95.6 Å². The quantitative estimate of drug-likeness (QED) is 0.301. The molecule has 38 heavy (non-hydrogen) atoms. The van der Waals surface area contributed by atoms with Gasteiger partial charge in [-0.3, -0.25) is 0 Å². The molecular formula is C34H40N2O2. The van der Waals surface area contributed by atoms with Crippen LogP contribution >= 0.6 is 0 Å². The van der Waals surface area contributed by atoms with Gasteiger partial charge in [-0.2, -0.15) is 0 Å². The second-order valence-corrected chi connectivity index (χ2v) is 11.7. The van der Waals surface area contributed by atoms with Crippen molar-refractivity contribution >= 4 is 17.3 Å². The van der Waals surface area contributed by atoms with Gasteiger partial charge in [0.1, 0.15) is 0 Å². The highest BCUT2D eigenvalue weighted by Crippen LogP contribution is 2.53. The molecule has 0 spiro atoms. The summed E-state index contributed by atoms with van der Waals surface area (Å²) in [6.45, 7) is 3.76. The van der Waals surface area contributed by atoms with E-state index in [1.54, 1.807) is 0 Å². The lowest BCUT2D eigenvalue weighted by molar-refractivity contribution is 0.0237. The van der Waals surface area contributed by atoms with Crippen LogP contribution in [0.25, 0.3) is 0 Å². The lowest BCUT2D eigenvalue weighted by atomic mass is 9.56. The normalized spacial score (nSPS) is 25.6. The second kappa shape index (κ2) is 11.2. The summed E-state index contributed by atoms with van der Waals surface area (Å²) in [5, 5.41) is 4.05. The molecule has 0 radical (unpaired) electrons. The molecule has 3 fully saturated rings. The molecule has 0 amide bonds. The van der Waals surface area contributed by atoms with Crippen LogP contribution in [0.15, 0.2) is 78.9 Å². The van der Waals surface area contributed by atoms with E-state index < -0.39 is 0 Å². The van der Waals surface area contributed by atoms with Crippen molar-refractivity contribution in [2.45, 2.75) is 64.6 Å². The van der Waals surface area contributed by atoms with E-state index in [-0.39, 0.29) is 5.97 Å². The largest absolute Gasteiger partial charge is 0.462 e. The van der Waals surface area contributed by atoms with Gasteiger partial charge in [0, 0.05) is 19.1 Å². The minimum Gasteiger partial charge on any atom is -0.462 e. The first-order chi connectivity index (χ1) is 18.7. The molecule has 0 aromatic heterocycles. The number of esters is 1. The van der Waals surface area contributed by atoms with Gasteiger partial charge in [0.25, 0.3) is 0 Å². The number of hydrogen-bond donors (Lipinski definition) is 1. The van der Waals surface area contributed by atoms with Crippen LogP contribution in [0.4, 0.5) is 11.4 Å². The first kappa shape index (κ1) is 25.0. The summed E-state index contributed by atoms with van der Waals surface area (Å²) in [5.74, 6) is 3.24. The van der Waals surface area contributed by atoms with E-state index >= 15 is 0 Å². The topological polar surface area (TPSA) is 41.6 Å². The third-order valence-corrected chi connectivity index (χ3v) is 9.24. The van der Waals surface area contributed by atoms with Gasteiger partial charge in [-0.1, -0.05) is 67.1 Å². The number of nitrogens with one attached hydrogen (secondary N) is 1. The molecule has 3 saturated carbocycles. The molecule has 0 aliphatic heterocycles. The van der Waals surface area contributed by atoms with Gasteiger partial charge in [0.05, 0.1) is 23.5 Å². The number of anilines is 2. The minimum atomic E-state index is -0.259. The summed E-state index contributed by atoms with van der Waals surface area (Å²) in [6.07, 6.45) is 8.34. The number of hydrogen-bond acceptors (Lipinski definition) is 4. The predicted octanol–water partition coefficient (Wildman–Crippen LogP) is 7.70. The van der Waals surface area contributed by atoms with Gasteiger partial charge in [-0.15, -0.1) is 0 Å². The van der Waals surface area contributed by atoms with Crippen LogP contribution in [0.3, 0.4) is 0 Å². The highest BCUT2D eigenvalue weighted by molar-refractivity contribution is 5.92. The van der Waals surface area contributed by atoms with Gasteiger partial charge in [0.15, 0.2) is 0 Å². The highest BCUT2D eigenvalue weighted by atomic mass is 16.5. The monoisotopic (exact) mass is 508 g/mol.